The molecule has 2 nitrogen and oxygen atoms in total. The molecule has 0 atom stereocenters. The molecule has 2 heterocycles. The quantitative estimate of drug-likeness (QED) is 0.129. The van der Waals surface area contributed by atoms with Gasteiger partial charge in [0.15, 0.2) is 0 Å². The summed E-state index contributed by atoms with van der Waals surface area (Å²) >= 11 is 0. The number of nitrogens with zero attached hydrogens (tertiary/aromatic N) is 2. The summed E-state index contributed by atoms with van der Waals surface area (Å²) in [6.07, 6.45) is 0. The first-order chi connectivity index (χ1) is 39.6. The van der Waals surface area contributed by atoms with Gasteiger partial charge in [-0.3, -0.25) is 0 Å². The van der Waals surface area contributed by atoms with Crippen LogP contribution in [-0.4, -0.2) is 9.13 Å². The first-order valence-electron chi connectivity index (χ1n) is 27.5. The molecule has 0 aliphatic carbocycles. The van der Waals surface area contributed by atoms with Crippen molar-refractivity contribution < 1.29 is 0 Å². The van der Waals surface area contributed by atoms with Gasteiger partial charge in [-0.1, -0.05) is 243 Å². The minimum Gasteiger partial charge on any atom is -0.309 e. The lowest BCUT2D eigenvalue weighted by Crippen LogP contribution is -1.94. The minimum atomic E-state index is 1.14. The molecule has 374 valence electrons. The summed E-state index contributed by atoms with van der Waals surface area (Å²) in [5.41, 5.74) is 26.3. The topological polar surface area (TPSA) is 9.86 Å². The van der Waals surface area contributed by atoms with Gasteiger partial charge in [-0.05, 0) is 162 Å². The van der Waals surface area contributed by atoms with Gasteiger partial charge in [0, 0.05) is 32.9 Å². The third-order valence-electron chi connectivity index (χ3n) is 16.2. The lowest BCUT2D eigenvalue weighted by molar-refractivity contribution is 1.18. The van der Waals surface area contributed by atoms with Crippen LogP contribution in [0.4, 0.5) is 0 Å². The van der Waals surface area contributed by atoms with Crippen LogP contribution in [0.15, 0.2) is 315 Å². The molecule has 2 aromatic heterocycles. The molecule has 0 saturated carbocycles. The number of fused-ring (bicyclic) bond motifs is 6. The van der Waals surface area contributed by atoms with Gasteiger partial charge in [-0.25, -0.2) is 0 Å². The molecule has 0 bridgehead atoms. The van der Waals surface area contributed by atoms with Crippen LogP contribution in [0, 0.1) is 0 Å². The second kappa shape index (κ2) is 19.8. The van der Waals surface area contributed by atoms with Gasteiger partial charge in [0.25, 0.3) is 0 Å². The average Bonchev–Trinajstić information content (AvgIpc) is 4.08. The highest BCUT2D eigenvalue weighted by Crippen LogP contribution is 2.40. The third-order valence-corrected chi connectivity index (χ3v) is 16.2. The van der Waals surface area contributed by atoms with E-state index in [1.54, 1.807) is 0 Å². The molecule has 2 heteroatoms. The SMILES string of the molecule is c1ccc(-c2ccc(-c3ccc(-c4cccc(-c5cccc(-c6ccc(-c7cccc(-n8c9ccccc9c9cc(-c%10ccc%11c(c%10)c%10ccccc%10n%11-c%10ccc(-c%11ccccc%11)cc%10)ccc98)c7)cc6)c5)c4)cc3)cc2)cc1. The Balaban J connectivity index is 0.692. The first-order valence-corrected chi connectivity index (χ1v) is 27.5. The smallest absolute Gasteiger partial charge is 0.0541 e. The van der Waals surface area contributed by atoms with Crippen LogP contribution < -0.4 is 0 Å². The Kier molecular flexibility index (Phi) is 11.6. The second-order valence-corrected chi connectivity index (χ2v) is 20.9. The van der Waals surface area contributed by atoms with Gasteiger partial charge < -0.3 is 9.13 Å². The van der Waals surface area contributed by atoms with E-state index in [9.17, 15) is 0 Å². The summed E-state index contributed by atoms with van der Waals surface area (Å²) in [5, 5.41) is 4.96. The van der Waals surface area contributed by atoms with Gasteiger partial charge in [-0.15, -0.1) is 0 Å². The summed E-state index contributed by atoms with van der Waals surface area (Å²) in [6, 6.07) is 115. The molecular formula is C78H52N2. The normalized spacial score (nSPS) is 11.5. The van der Waals surface area contributed by atoms with Crippen molar-refractivity contribution in [3.05, 3.63) is 315 Å². The van der Waals surface area contributed by atoms with Crippen LogP contribution in [0.3, 0.4) is 0 Å². The summed E-state index contributed by atoms with van der Waals surface area (Å²) < 4.78 is 4.82. The molecular weight excluding hydrogens is 965 g/mol. The monoisotopic (exact) mass is 1020 g/mol. The van der Waals surface area contributed by atoms with Crippen molar-refractivity contribution in [2.24, 2.45) is 0 Å². The maximum atomic E-state index is 2.42. The fourth-order valence-electron chi connectivity index (χ4n) is 12.1. The van der Waals surface area contributed by atoms with Crippen molar-refractivity contribution in [1.82, 2.24) is 9.13 Å². The predicted molar refractivity (Wildman–Crippen MR) is 339 cm³/mol. The molecule has 13 aromatic carbocycles. The zero-order valence-electron chi connectivity index (χ0n) is 43.9. The molecule has 80 heavy (non-hydrogen) atoms. The molecule has 0 aliphatic rings. The maximum absolute atomic E-state index is 2.42. The van der Waals surface area contributed by atoms with E-state index in [2.05, 4.69) is 325 Å². The Bertz CT molecular complexity index is 4760. The van der Waals surface area contributed by atoms with E-state index < -0.39 is 0 Å². The van der Waals surface area contributed by atoms with Crippen molar-refractivity contribution in [1.29, 1.82) is 0 Å². The number of hydrogen-bond acceptors (Lipinski definition) is 0. The van der Waals surface area contributed by atoms with Crippen LogP contribution in [0.1, 0.15) is 0 Å². The fraction of sp³-hybridized carbons (Fsp3) is 0. The number of hydrogen-bond donors (Lipinski definition) is 0. The van der Waals surface area contributed by atoms with E-state index in [0.29, 0.717) is 0 Å². The highest BCUT2D eigenvalue weighted by Gasteiger charge is 2.17. The largest absolute Gasteiger partial charge is 0.309 e. The van der Waals surface area contributed by atoms with Gasteiger partial charge in [0.05, 0.1) is 22.1 Å². The molecule has 0 fully saturated rings. The van der Waals surface area contributed by atoms with Crippen molar-refractivity contribution in [2.75, 3.05) is 0 Å². The molecule has 0 radical (unpaired) electrons. The molecule has 0 aliphatic heterocycles. The van der Waals surface area contributed by atoms with Crippen LogP contribution in [-0.2, 0) is 0 Å². The Morgan fingerprint density at radius 2 is 0.400 bits per heavy atom. The predicted octanol–water partition coefficient (Wildman–Crippen LogP) is 21.2. The van der Waals surface area contributed by atoms with E-state index in [-0.39, 0.29) is 0 Å². The third kappa shape index (κ3) is 8.48. The number of rotatable bonds is 10. The standard InChI is InChI=1S/C78H52N2/c1-3-14-53(15-4-1)55-28-30-56(31-29-55)57-32-34-59(35-33-57)62-18-11-20-64(48-62)65-21-12-19-63(49-65)60-36-38-61(39-37-60)66-22-13-23-70(50-66)80-76-27-10-8-25-72(76)74-52-68(43-47-78(74)80)67-42-46-77-73(51-67)71-24-7-9-26-75(71)79(77)69-44-40-58(41-45-69)54-16-5-2-6-17-54/h1-52H. The summed E-state index contributed by atoms with van der Waals surface area (Å²) in [4.78, 5) is 0. The molecule has 15 rings (SSSR count). The fourth-order valence-corrected chi connectivity index (χ4v) is 12.1. The van der Waals surface area contributed by atoms with Crippen LogP contribution in [0.5, 0.6) is 0 Å². The van der Waals surface area contributed by atoms with E-state index in [1.165, 1.54) is 133 Å². The van der Waals surface area contributed by atoms with Crippen molar-refractivity contribution in [3.63, 3.8) is 0 Å². The van der Waals surface area contributed by atoms with Gasteiger partial charge in [0.2, 0.25) is 0 Å². The molecule has 0 unspecified atom stereocenters. The molecule has 0 spiro atoms. The molecule has 0 amide bonds. The summed E-state index contributed by atoms with van der Waals surface area (Å²) in [6.45, 7) is 0. The second-order valence-electron chi connectivity index (χ2n) is 20.9. The molecule has 15 aromatic rings. The molecule has 0 saturated heterocycles. The van der Waals surface area contributed by atoms with Crippen LogP contribution >= 0.6 is 0 Å². The van der Waals surface area contributed by atoms with E-state index in [1.807, 2.05) is 0 Å². The van der Waals surface area contributed by atoms with Crippen molar-refractivity contribution in [3.8, 4) is 100 Å². The minimum absolute atomic E-state index is 1.14. The van der Waals surface area contributed by atoms with Crippen LogP contribution in [0.25, 0.3) is 144 Å². The Labute approximate surface area is 466 Å². The Morgan fingerprint density at radius 3 is 0.825 bits per heavy atom. The summed E-state index contributed by atoms with van der Waals surface area (Å²) in [5.74, 6) is 0. The zero-order valence-corrected chi connectivity index (χ0v) is 43.9. The zero-order chi connectivity index (χ0) is 52.9. The van der Waals surface area contributed by atoms with E-state index in [0.717, 1.165) is 11.4 Å². The number of para-hydroxylation sites is 2. The Morgan fingerprint density at radius 1 is 0.138 bits per heavy atom. The Hall–Kier alpha value is -10.5. The van der Waals surface area contributed by atoms with Crippen molar-refractivity contribution in [2.45, 2.75) is 0 Å². The molecule has 0 N–H and O–H groups in total. The van der Waals surface area contributed by atoms with E-state index >= 15 is 0 Å². The van der Waals surface area contributed by atoms with Gasteiger partial charge in [0.1, 0.15) is 0 Å². The average molecular weight is 1020 g/mol. The number of aromatic nitrogens is 2. The van der Waals surface area contributed by atoms with Gasteiger partial charge in [-0.2, -0.15) is 0 Å². The highest BCUT2D eigenvalue weighted by atomic mass is 15.0. The van der Waals surface area contributed by atoms with Crippen molar-refractivity contribution >= 4 is 43.6 Å². The van der Waals surface area contributed by atoms with Gasteiger partial charge >= 0.3 is 0 Å². The summed E-state index contributed by atoms with van der Waals surface area (Å²) in [7, 11) is 0. The van der Waals surface area contributed by atoms with Crippen LogP contribution in [0.2, 0.25) is 0 Å². The van der Waals surface area contributed by atoms with E-state index in [4.69, 9.17) is 0 Å². The lowest BCUT2D eigenvalue weighted by Gasteiger charge is -2.12. The maximum Gasteiger partial charge on any atom is 0.0541 e. The number of benzene rings is 13. The highest BCUT2D eigenvalue weighted by molar-refractivity contribution is 6.13. The first kappa shape index (κ1) is 46.7. The lowest BCUT2D eigenvalue weighted by atomic mass is 9.94.